The fraction of sp³-hybridized carbons (Fsp3) is 1.00. The summed E-state index contributed by atoms with van der Waals surface area (Å²) in [6.45, 7) is 7.22. The molecule has 0 saturated heterocycles. The Morgan fingerprint density at radius 2 is 1.19 bits per heavy atom. The average molecular weight is 241 g/mol. The first kappa shape index (κ1) is 14.3. The van der Waals surface area contributed by atoms with Crippen LogP contribution in [0.5, 0.6) is 0 Å². The fourth-order valence-corrected chi connectivity index (χ4v) is 4.33. The van der Waals surface area contributed by atoms with E-state index in [1.165, 1.54) is 50.5 Å². The Morgan fingerprint density at radius 3 is 1.56 bits per heavy atom. The lowest BCUT2D eigenvalue weighted by atomic mass is 9.90. The lowest BCUT2D eigenvalue weighted by molar-refractivity contribution is 0.384. The third-order valence-corrected chi connectivity index (χ3v) is 6.58. The molecule has 0 amide bonds. The van der Waals surface area contributed by atoms with Crippen LogP contribution in [0.2, 0.25) is 12.1 Å². The average Bonchev–Trinajstić information content (AvgIpc) is 2.32. The van der Waals surface area contributed by atoms with Gasteiger partial charge < -0.3 is 0 Å². The van der Waals surface area contributed by atoms with Crippen LogP contribution in [0.1, 0.15) is 71.6 Å². The van der Waals surface area contributed by atoms with Gasteiger partial charge in [0.05, 0.1) is 0 Å². The molecule has 16 heavy (non-hydrogen) atoms. The van der Waals surface area contributed by atoms with Gasteiger partial charge in [-0.3, -0.25) is 0 Å². The Balaban J connectivity index is 0.000000165. The molecule has 0 aromatic rings. The third kappa shape index (κ3) is 6.08. The van der Waals surface area contributed by atoms with E-state index >= 15 is 0 Å². The van der Waals surface area contributed by atoms with Gasteiger partial charge in [0.1, 0.15) is 0 Å². The minimum absolute atomic E-state index is 0.346. The smallest absolute Gasteiger partial charge is 0.0201 e. The zero-order valence-electron chi connectivity index (χ0n) is 11.8. The Morgan fingerprint density at radius 1 is 0.688 bits per heavy atom. The quantitative estimate of drug-likeness (QED) is 0.578. The van der Waals surface area contributed by atoms with Crippen LogP contribution in [0.4, 0.5) is 0 Å². The van der Waals surface area contributed by atoms with Gasteiger partial charge in [0.15, 0.2) is 0 Å². The lowest BCUT2D eigenvalue weighted by Gasteiger charge is -2.24. The molecule has 0 aliphatic heterocycles. The SMILES string of the molecule is CC1CCCCC1.C[SiH2]C1CCC(C)CC1. The van der Waals surface area contributed by atoms with Gasteiger partial charge in [-0.1, -0.05) is 83.7 Å². The van der Waals surface area contributed by atoms with E-state index in [4.69, 9.17) is 0 Å². The minimum Gasteiger partial charge on any atom is -0.0746 e. The molecule has 0 bridgehead atoms. The van der Waals surface area contributed by atoms with Crippen molar-refractivity contribution in [2.24, 2.45) is 11.8 Å². The molecule has 0 N–H and O–H groups in total. The topological polar surface area (TPSA) is 0 Å². The maximum atomic E-state index is 2.46. The second-order valence-electron chi connectivity index (χ2n) is 6.28. The van der Waals surface area contributed by atoms with Gasteiger partial charge in [0.2, 0.25) is 0 Å². The van der Waals surface area contributed by atoms with E-state index in [1.807, 2.05) is 0 Å². The molecule has 0 spiro atoms. The predicted molar refractivity (Wildman–Crippen MR) is 78.0 cm³/mol. The molecule has 0 unspecified atom stereocenters. The molecule has 0 nitrogen and oxygen atoms in total. The van der Waals surface area contributed by atoms with Gasteiger partial charge in [0, 0.05) is 9.52 Å². The monoisotopic (exact) mass is 240 g/mol. The van der Waals surface area contributed by atoms with Crippen LogP contribution in [0.25, 0.3) is 0 Å². The van der Waals surface area contributed by atoms with Crippen LogP contribution in [0, 0.1) is 11.8 Å². The van der Waals surface area contributed by atoms with Crippen LogP contribution in [-0.2, 0) is 0 Å². The normalized spacial score (nSPS) is 32.4. The van der Waals surface area contributed by atoms with Gasteiger partial charge >= 0.3 is 0 Å². The molecule has 0 atom stereocenters. The van der Waals surface area contributed by atoms with Gasteiger partial charge in [0.25, 0.3) is 0 Å². The highest BCUT2D eigenvalue weighted by molar-refractivity contribution is 6.35. The molecule has 2 saturated carbocycles. The van der Waals surface area contributed by atoms with Crippen molar-refractivity contribution in [3.63, 3.8) is 0 Å². The van der Waals surface area contributed by atoms with Gasteiger partial charge in [-0.15, -0.1) is 0 Å². The summed E-state index contributed by atoms with van der Waals surface area (Å²) >= 11 is 0. The van der Waals surface area contributed by atoms with Gasteiger partial charge in [-0.25, -0.2) is 0 Å². The molecule has 2 aliphatic carbocycles. The Bertz CT molecular complexity index is 153. The van der Waals surface area contributed by atoms with Crippen molar-refractivity contribution in [3.05, 3.63) is 0 Å². The zero-order chi connectivity index (χ0) is 11.8. The van der Waals surface area contributed by atoms with E-state index in [9.17, 15) is 0 Å². The summed E-state index contributed by atoms with van der Waals surface area (Å²) in [7, 11) is 0.346. The van der Waals surface area contributed by atoms with E-state index < -0.39 is 0 Å². The zero-order valence-corrected chi connectivity index (χ0v) is 13.2. The minimum atomic E-state index is 0.346. The summed E-state index contributed by atoms with van der Waals surface area (Å²) in [5.41, 5.74) is 1.21. The predicted octanol–water partition coefficient (Wildman–Crippen LogP) is 4.79. The van der Waals surface area contributed by atoms with Crippen LogP contribution < -0.4 is 0 Å². The second-order valence-corrected chi connectivity index (χ2v) is 8.25. The first-order chi connectivity index (χ1) is 7.72. The molecule has 2 fully saturated rings. The Kier molecular flexibility index (Phi) is 7.43. The Hall–Kier alpha value is 0.217. The Labute approximate surface area is 105 Å². The molecule has 0 heterocycles. The van der Waals surface area contributed by atoms with Gasteiger partial charge in [-0.05, 0) is 11.8 Å². The van der Waals surface area contributed by atoms with Crippen molar-refractivity contribution in [1.82, 2.24) is 0 Å². The molecule has 2 aliphatic rings. The summed E-state index contributed by atoms with van der Waals surface area (Å²) in [5, 5.41) is 0. The lowest BCUT2D eigenvalue weighted by Crippen LogP contribution is -2.10. The standard InChI is InChI=1S/C8H18Si.C7H14/c1-7-3-5-8(9-2)6-4-7;1-7-5-3-2-4-6-7/h7-8H,3-6,9H2,1-2H3;7H,2-6H2,1H3. The van der Waals surface area contributed by atoms with E-state index in [0.717, 1.165) is 11.8 Å². The summed E-state index contributed by atoms with van der Waals surface area (Å²) in [5.74, 6) is 2.08. The highest BCUT2D eigenvalue weighted by Gasteiger charge is 2.15. The van der Waals surface area contributed by atoms with E-state index in [2.05, 4.69) is 20.4 Å². The first-order valence-corrected chi connectivity index (χ1v) is 9.95. The van der Waals surface area contributed by atoms with Crippen molar-refractivity contribution >= 4 is 9.52 Å². The third-order valence-electron chi connectivity index (χ3n) is 4.61. The largest absolute Gasteiger partial charge is 0.0746 e. The fourth-order valence-electron chi connectivity index (χ4n) is 3.04. The van der Waals surface area contributed by atoms with Crippen molar-refractivity contribution in [3.8, 4) is 0 Å². The van der Waals surface area contributed by atoms with E-state index in [1.54, 1.807) is 12.8 Å². The van der Waals surface area contributed by atoms with Gasteiger partial charge in [-0.2, -0.15) is 0 Å². The van der Waals surface area contributed by atoms with Crippen LogP contribution in [-0.4, -0.2) is 9.52 Å². The highest BCUT2D eigenvalue weighted by atomic mass is 28.2. The maximum Gasteiger partial charge on any atom is 0.0201 e. The molecule has 96 valence electrons. The number of rotatable bonds is 1. The molecule has 0 aromatic heterocycles. The van der Waals surface area contributed by atoms with E-state index in [0.29, 0.717) is 9.52 Å². The molecule has 2 rings (SSSR count). The van der Waals surface area contributed by atoms with Crippen molar-refractivity contribution in [2.75, 3.05) is 0 Å². The highest BCUT2D eigenvalue weighted by Crippen LogP contribution is 2.31. The van der Waals surface area contributed by atoms with Crippen LogP contribution in [0.3, 0.4) is 0 Å². The summed E-state index contributed by atoms with van der Waals surface area (Å²) in [6, 6.07) is 0. The second kappa shape index (κ2) is 8.33. The van der Waals surface area contributed by atoms with Crippen molar-refractivity contribution in [1.29, 1.82) is 0 Å². The summed E-state index contributed by atoms with van der Waals surface area (Å²) in [4.78, 5) is 0. The van der Waals surface area contributed by atoms with Crippen molar-refractivity contribution < 1.29 is 0 Å². The summed E-state index contributed by atoms with van der Waals surface area (Å²) < 4.78 is 0. The molecule has 0 radical (unpaired) electrons. The molecule has 1 heteroatoms. The molecular formula is C15H32Si. The van der Waals surface area contributed by atoms with Crippen molar-refractivity contribution in [2.45, 2.75) is 83.7 Å². The number of hydrogen-bond donors (Lipinski definition) is 0. The summed E-state index contributed by atoms with van der Waals surface area (Å²) in [6.07, 6.45) is 13.6. The van der Waals surface area contributed by atoms with E-state index in [-0.39, 0.29) is 0 Å². The number of hydrogen-bond acceptors (Lipinski definition) is 0. The van der Waals surface area contributed by atoms with Crippen LogP contribution in [0.15, 0.2) is 0 Å². The van der Waals surface area contributed by atoms with Crippen LogP contribution >= 0.6 is 0 Å². The first-order valence-electron chi connectivity index (χ1n) is 7.72. The molecular weight excluding hydrogens is 208 g/mol. The maximum absolute atomic E-state index is 2.46. The molecule has 0 aromatic carbocycles.